The maximum atomic E-state index is 11.6. The van der Waals surface area contributed by atoms with Crippen molar-refractivity contribution in [1.82, 2.24) is 14.3 Å². The van der Waals surface area contributed by atoms with Crippen LogP contribution in [-0.4, -0.2) is 54.2 Å². The molecule has 0 amide bonds. The first-order valence-electron chi connectivity index (χ1n) is 7.31. The Hall–Kier alpha value is -1.05. The van der Waals surface area contributed by atoms with Crippen LogP contribution in [-0.2, 0) is 21.2 Å². The molecule has 1 aromatic heterocycles. The summed E-state index contributed by atoms with van der Waals surface area (Å²) in [6.45, 7) is 1.86. The van der Waals surface area contributed by atoms with Crippen molar-refractivity contribution in [3.8, 4) is 0 Å². The van der Waals surface area contributed by atoms with Crippen LogP contribution in [0.1, 0.15) is 25.0 Å². The summed E-state index contributed by atoms with van der Waals surface area (Å²) in [6, 6.07) is 0. The molecule has 0 aliphatic carbocycles. The van der Waals surface area contributed by atoms with Crippen LogP contribution in [0.2, 0.25) is 0 Å². The van der Waals surface area contributed by atoms with Gasteiger partial charge < -0.3 is 4.74 Å². The fraction of sp³-hybridized carbons (Fsp3) is 0.714. The summed E-state index contributed by atoms with van der Waals surface area (Å²) in [5.74, 6) is 0.450. The number of hydrogen-bond acceptors (Lipinski definition) is 5. The van der Waals surface area contributed by atoms with Gasteiger partial charge in [-0.1, -0.05) is 0 Å². The van der Waals surface area contributed by atoms with Crippen LogP contribution in [0.25, 0.3) is 0 Å². The second-order valence-electron chi connectivity index (χ2n) is 6.13. The van der Waals surface area contributed by atoms with Crippen molar-refractivity contribution in [3.05, 3.63) is 24.3 Å². The molecule has 0 radical (unpaired) electrons. The van der Waals surface area contributed by atoms with Crippen molar-refractivity contribution >= 4 is 10.0 Å². The van der Waals surface area contributed by atoms with Gasteiger partial charge in [0.25, 0.3) is 0 Å². The summed E-state index contributed by atoms with van der Waals surface area (Å²) >= 11 is 0. The largest absolute Gasteiger partial charge is 0.375 e. The first-order chi connectivity index (χ1) is 9.97. The fourth-order valence-electron chi connectivity index (χ4n) is 3.37. The second kappa shape index (κ2) is 5.62. The third-order valence-electron chi connectivity index (χ3n) is 4.50. The van der Waals surface area contributed by atoms with Gasteiger partial charge in [0.15, 0.2) is 0 Å². The van der Waals surface area contributed by atoms with Crippen LogP contribution in [0.5, 0.6) is 0 Å². The molecule has 116 valence electrons. The Bertz CT molecular complexity index is 583. The highest BCUT2D eigenvalue weighted by atomic mass is 32.2. The van der Waals surface area contributed by atoms with E-state index in [0.29, 0.717) is 19.0 Å². The molecule has 1 atom stereocenters. The molecule has 6 nitrogen and oxygen atoms in total. The zero-order valence-electron chi connectivity index (χ0n) is 12.2. The lowest BCUT2D eigenvalue weighted by Gasteiger charge is -2.37. The van der Waals surface area contributed by atoms with Gasteiger partial charge in [-0.3, -0.25) is 9.97 Å². The molecule has 0 N–H and O–H groups in total. The smallest absolute Gasteiger partial charge is 0.211 e. The van der Waals surface area contributed by atoms with Gasteiger partial charge in [-0.05, 0) is 31.6 Å². The standard InChI is InChI=1S/C14H21N3O3S/c1-21(18,19)17-6-2-14(3-7-17)9-12(11-20-14)8-13-10-15-4-5-16-13/h4-5,10,12H,2-3,6-9,11H2,1H3. The third-order valence-corrected chi connectivity index (χ3v) is 5.81. The molecule has 2 aliphatic heterocycles. The van der Waals surface area contributed by atoms with Gasteiger partial charge in [0.2, 0.25) is 10.0 Å². The summed E-state index contributed by atoms with van der Waals surface area (Å²) in [7, 11) is -3.07. The third kappa shape index (κ3) is 3.41. The number of aromatic nitrogens is 2. The molecule has 1 aromatic rings. The number of rotatable bonds is 3. The van der Waals surface area contributed by atoms with Crippen LogP contribution in [0.15, 0.2) is 18.6 Å². The fourth-order valence-corrected chi connectivity index (χ4v) is 4.22. The Labute approximate surface area is 125 Å². The number of sulfonamides is 1. The number of nitrogens with zero attached hydrogens (tertiary/aromatic N) is 3. The second-order valence-corrected chi connectivity index (χ2v) is 8.11. The molecule has 2 aliphatic rings. The highest BCUT2D eigenvalue weighted by molar-refractivity contribution is 7.88. The normalized spacial score (nSPS) is 26.2. The minimum atomic E-state index is -3.07. The van der Waals surface area contributed by atoms with E-state index in [2.05, 4.69) is 9.97 Å². The van der Waals surface area contributed by atoms with Crippen molar-refractivity contribution in [2.45, 2.75) is 31.3 Å². The number of piperidine rings is 1. The van der Waals surface area contributed by atoms with Crippen molar-refractivity contribution in [3.63, 3.8) is 0 Å². The lowest BCUT2D eigenvalue weighted by molar-refractivity contribution is -0.0313. The van der Waals surface area contributed by atoms with Crippen molar-refractivity contribution < 1.29 is 13.2 Å². The van der Waals surface area contributed by atoms with Gasteiger partial charge in [-0.2, -0.15) is 0 Å². The Morgan fingerprint density at radius 1 is 1.38 bits per heavy atom. The van der Waals surface area contributed by atoms with Gasteiger partial charge in [0.1, 0.15) is 0 Å². The quantitative estimate of drug-likeness (QED) is 0.827. The Morgan fingerprint density at radius 3 is 2.76 bits per heavy atom. The van der Waals surface area contributed by atoms with Gasteiger partial charge in [-0.15, -0.1) is 0 Å². The van der Waals surface area contributed by atoms with Crippen molar-refractivity contribution in [2.75, 3.05) is 26.0 Å². The first-order valence-corrected chi connectivity index (χ1v) is 9.16. The zero-order chi connectivity index (χ0) is 14.9. The van der Waals surface area contributed by atoms with E-state index in [1.807, 2.05) is 0 Å². The van der Waals surface area contributed by atoms with Crippen LogP contribution >= 0.6 is 0 Å². The SMILES string of the molecule is CS(=O)(=O)N1CCC2(CC1)CC(Cc1cnccn1)CO2. The van der Waals surface area contributed by atoms with Crippen molar-refractivity contribution in [1.29, 1.82) is 0 Å². The summed E-state index contributed by atoms with van der Waals surface area (Å²) in [4.78, 5) is 8.41. The average molecular weight is 311 g/mol. The molecule has 2 saturated heterocycles. The Kier molecular flexibility index (Phi) is 3.98. The van der Waals surface area contributed by atoms with Crippen molar-refractivity contribution in [2.24, 2.45) is 5.92 Å². The highest BCUT2D eigenvalue weighted by Crippen LogP contribution is 2.39. The molecular formula is C14H21N3O3S. The van der Waals surface area contributed by atoms with Crippen LogP contribution < -0.4 is 0 Å². The van der Waals surface area contributed by atoms with E-state index in [0.717, 1.165) is 38.0 Å². The zero-order valence-corrected chi connectivity index (χ0v) is 13.1. The lowest BCUT2D eigenvalue weighted by Crippen LogP contribution is -2.46. The Morgan fingerprint density at radius 2 is 2.14 bits per heavy atom. The highest BCUT2D eigenvalue weighted by Gasteiger charge is 2.43. The molecule has 7 heteroatoms. The van der Waals surface area contributed by atoms with Gasteiger partial charge >= 0.3 is 0 Å². The molecule has 1 unspecified atom stereocenters. The van der Waals surface area contributed by atoms with E-state index in [1.54, 1.807) is 22.9 Å². The molecule has 21 heavy (non-hydrogen) atoms. The molecule has 3 heterocycles. The first kappa shape index (κ1) is 14.9. The summed E-state index contributed by atoms with van der Waals surface area (Å²) in [5, 5.41) is 0. The van der Waals surface area contributed by atoms with Gasteiger partial charge in [0.05, 0.1) is 24.2 Å². The molecule has 3 rings (SSSR count). The minimum absolute atomic E-state index is 0.131. The average Bonchev–Trinajstić information content (AvgIpc) is 2.82. The van der Waals surface area contributed by atoms with E-state index in [-0.39, 0.29) is 5.60 Å². The molecule has 2 fully saturated rings. The predicted molar refractivity (Wildman–Crippen MR) is 78.2 cm³/mol. The van der Waals surface area contributed by atoms with E-state index < -0.39 is 10.0 Å². The Balaban J connectivity index is 1.58. The predicted octanol–water partition coefficient (Wildman–Crippen LogP) is 0.850. The van der Waals surface area contributed by atoms with E-state index in [9.17, 15) is 8.42 Å². The molecule has 0 aromatic carbocycles. The summed E-state index contributed by atoms with van der Waals surface area (Å²) < 4.78 is 30.7. The monoisotopic (exact) mass is 311 g/mol. The lowest BCUT2D eigenvalue weighted by atomic mass is 9.85. The van der Waals surface area contributed by atoms with E-state index in [4.69, 9.17) is 4.74 Å². The van der Waals surface area contributed by atoms with E-state index >= 15 is 0 Å². The molecular weight excluding hydrogens is 290 g/mol. The van der Waals surface area contributed by atoms with Gasteiger partial charge in [-0.25, -0.2) is 12.7 Å². The minimum Gasteiger partial charge on any atom is -0.375 e. The van der Waals surface area contributed by atoms with Crippen LogP contribution in [0.4, 0.5) is 0 Å². The number of ether oxygens (including phenoxy) is 1. The maximum Gasteiger partial charge on any atom is 0.211 e. The topological polar surface area (TPSA) is 72.4 Å². The molecule has 0 saturated carbocycles. The molecule has 0 bridgehead atoms. The van der Waals surface area contributed by atoms with Gasteiger partial charge in [0, 0.05) is 31.7 Å². The maximum absolute atomic E-state index is 11.6. The summed E-state index contributed by atoms with van der Waals surface area (Å²) in [5.41, 5.74) is 0.866. The van der Waals surface area contributed by atoms with Crippen LogP contribution in [0, 0.1) is 5.92 Å². The summed E-state index contributed by atoms with van der Waals surface area (Å²) in [6.07, 6.45) is 9.91. The number of hydrogen-bond donors (Lipinski definition) is 0. The molecule has 1 spiro atoms. The van der Waals surface area contributed by atoms with Crippen LogP contribution in [0.3, 0.4) is 0 Å². The van der Waals surface area contributed by atoms with E-state index in [1.165, 1.54) is 6.26 Å².